The predicted octanol–water partition coefficient (Wildman–Crippen LogP) is 0.912. The van der Waals surface area contributed by atoms with Gasteiger partial charge in [0.15, 0.2) is 17.2 Å². The zero-order valence-electron chi connectivity index (χ0n) is 20.7. The number of benzene rings is 1. The molecule has 1 N–H and O–H groups in total. The Balaban J connectivity index is 1.51. The molecule has 2 atom stereocenters. The van der Waals surface area contributed by atoms with E-state index in [0.29, 0.717) is 45.7 Å². The number of aromatic nitrogens is 1. The van der Waals surface area contributed by atoms with Gasteiger partial charge in [-0.3, -0.25) is 24.1 Å². The Labute approximate surface area is 211 Å². The van der Waals surface area contributed by atoms with Gasteiger partial charge in [-0.05, 0) is 30.3 Å². The number of hydrogen-bond donors (Lipinski definition) is 1. The number of hydrogen-bond acceptors (Lipinski definition) is 7. The van der Waals surface area contributed by atoms with Crippen LogP contribution in [0.1, 0.15) is 51.7 Å². The van der Waals surface area contributed by atoms with Crippen molar-refractivity contribution in [1.29, 1.82) is 0 Å². The number of piperidine rings is 1. The highest BCUT2D eigenvalue weighted by molar-refractivity contribution is 7.27. The number of rotatable bonds is 4. The van der Waals surface area contributed by atoms with E-state index in [4.69, 9.17) is 9.47 Å². The van der Waals surface area contributed by atoms with Crippen molar-refractivity contribution < 1.29 is 24.2 Å². The molecule has 11 heteroatoms. The average Bonchev–Trinajstić information content (AvgIpc) is 3.29. The van der Waals surface area contributed by atoms with Crippen molar-refractivity contribution in [2.24, 2.45) is 0 Å². The predicted molar refractivity (Wildman–Crippen MR) is 136 cm³/mol. The molecule has 2 amide bonds. The molecule has 4 heterocycles. The molecular weight excluding hydrogens is 483 g/mol. The second-order valence-electron chi connectivity index (χ2n) is 9.56. The van der Waals surface area contributed by atoms with Crippen molar-refractivity contribution in [3.05, 3.63) is 57.0 Å². The van der Waals surface area contributed by atoms with Crippen LogP contribution in [0.25, 0.3) is 0 Å². The molecule has 2 aromatic rings. The number of pyridine rings is 1. The van der Waals surface area contributed by atoms with Gasteiger partial charge < -0.3 is 24.4 Å². The Morgan fingerprint density at radius 2 is 2.00 bits per heavy atom. The van der Waals surface area contributed by atoms with Gasteiger partial charge in [-0.1, -0.05) is 18.2 Å². The van der Waals surface area contributed by atoms with Gasteiger partial charge in [-0.2, -0.15) is 0 Å². The first kappa shape index (κ1) is 24.7. The van der Waals surface area contributed by atoms with Gasteiger partial charge in [0.2, 0.25) is 5.43 Å². The number of aromatic hydroxyl groups is 1. The van der Waals surface area contributed by atoms with Crippen LogP contribution in [0.15, 0.2) is 29.2 Å². The van der Waals surface area contributed by atoms with Crippen LogP contribution >= 0.6 is 9.24 Å². The topological polar surface area (TPSA) is 105 Å². The van der Waals surface area contributed by atoms with Crippen LogP contribution in [0, 0.1) is 6.92 Å². The number of amides is 2. The van der Waals surface area contributed by atoms with Crippen molar-refractivity contribution in [1.82, 2.24) is 14.5 Å². The van der Waals surface area contributed by atoms with Crippen molar-refractivity contribution in [2.75, 3.05) is 38.4 Å². The minimum absolute atomic E-state index is 0.131. The molecule has 1 aromatic carbocycles. The van der Waals surface area contributed by atoms with Crippen LogP contribution in [-0.4, -0.2) is 76.7 Å². The van der Waals surface area contributed by atoms with E-state index in [1.807, 2.05) is 37.1 Å². The monoisotopic (exact) mass is 514 g/mol. The van der Waals surface area contributed by atoms with Crippen LogP contribution < -0.4 is 15.7 Å². The summed E-state index contributed by atoms with van der Waals surface area (Å²) in [5.74, 6) is -2.47. The second kappa shape index (κ2) is 9.18. The fourth-order valence-electron chi connectivity index (χ4n) is 5.40. The summed E-state index contributed by atoms with van der Waals surface area (Å²) in [5.41, 5.74) is 0.802. The molecule has 3 aliphatic rings. The zero-order chi connectivity index (χ0) is 25.8. The normalized spacial score (nSPS) is 20.4. The molecule has 1 aromatic heterocycles. The van der Waals surface area contributed by atoms with E-state index >= 15 is 0 Å². The summed E-state index contributed by atoms with van der Waals surface area (Å²) in [5, 5.41) is 13.8. The number of carbonyl (C=O) groups is 2. The molecular formula is C25H31N4O6P. The van der Waals surface area contributed by atoms with Gasteiger partial charge in [0.1, 0.15) is 11.7 Å². The summed E-state index contributed by atoms with van der Waals surface area (Å²) < 4.78 is 13.3. The van der Waals surface area contributed by atoms with Crippen molar-refractivity contribution in [3.8, 4) is 5.75 Å². The molecule has 3 aliphatic heterocycles. The van der Waals surface area contributed by atoms with Crippen LogP contribution in [0.4, 0.5) is 0 Å². The van der Waals surface area contributed by atoms with Gasteiger partial charge in [0.05, 0.1) is 13.2 Å². The van der Waals surface area contributed by atoms with Crippen molar-refractivity contribution in [3.63, 3.8) is 0 Å². The Kier molecular flexibility index (Phi) is 6.31. The van der Waals surface area contributed by atoms with E-state index in [1.54, 1.807) is 11.9 Å². The molecule has 0 saturated carbocycles. The minimum atomic E-state index is -0.853. The standard InChI is InChI=1S/C25H31N4O6P/c1-4-27-19-12-25(34-9-10-35-25)7-8-28(19)29-14-18(21(30)22(31)20(29)24(27)33)23(32)26(3)13-16-5-6-17(36)11-15(16)2/h5-6,11,14,19,31H,4,7-10,12-13,36H2,1-3H3/t19-/m0/s1. The molecule has 2 fully saturated rings. The fraction of sp³-hybridized carbons (Fsp3) is 0.480. The molecule has 1 unspecified atom stereocenters. The summed E-state index contributed by atoms with van der Waals surface area (Å²) in [6.45, 7) is 5.94. The lowest BCUT2D eigenvalue weighted by atomic mass is 9.99. The number of ether oxygens (including phenoxy) is 2. The minimum Gasteiger partial charge on any atom is -0.502 e. The smallest absolute Gasteiger partial charge is 0.278 e. The van der Waals surface area contributed by atoms with Crippen LogP contribution in [0.2, 0.25) is 0 Å². The molecule has 0 aliphatic carbocycles. The summed E-state index contributed by atoms with van der Waals surface area (Å²) in [6.07, 6.45) is 1.96. The maximum absolute atomic E-state index is 13.4. The Bertz CT molecular complexity index is 1290. The number of fused-ring (bicyclic) bond motifs is 3. The third kappa shape index (κ3) is 3.97. The van der Waals surface area contributed by atoms with Gasteiger partial charge in [-0.25, -0.2) is 0 Å². The lowest BCUT2D eigenvalue weighted by molar-refractivity contribution is -0.186. The van der Waals surface area contributed by atoms with E-state index in [-0.39, 0.29) is 11.3 Å². The first-order chi connectivity index (χ1) is 17.2. The van der Waals surface area contributed by atoms with E-state index in [1.165, 1.54) is 15.8 Å². The first-order valence-electron chi connectivity index (χ1n) is 12.1. The Morgan fingerprint density at radius 1 is 1.28 bits per heavy atom. The number of aryl methyl sites for hydroxylation is 1. The highest BCUT2D eigenvalue weighted by Crippen LogP contribution is 2.38. The highest BCUT2D eigenvalue weighted by atomic mass is 31.0. The van der Waals surface area contributed by atoms with Crippen molar-refractivity contribution in [2.45, 2.75) is 45.2 Å². The van der Waals surface area contributed by atoms with Crippen LogP contribution in [0.3, 0.4) is 0 Å². The molecule has 1 spiro atoms. The summed E-state index contributed by atoms with van der Waals surface area (Å²) in [7, 11) is 4.26. The van der Waals surface area contributed by atoms with E-state index < -0.39 is 34.9 Å². The van der Waals surface area contributed by atoms with E-state index in [9.17, 15) is 19.5 Å². The highest BCUT2D eigenvalue weighted by Gasteiger charge is 2.50. The molecule has 10 nitrogen and oxygen atoms in total. The maximum Gasteiger partial charge on any atom is 0.278 e. The fourth-order valence-corrected chi connectivity index (χ4v) is 5.75. The maximum atomic E-state index is 13.4. The molecule has 0 radical (unpaired) electrons. The van der Waals surface area contributed by atoms with E-state index in [0.717, 1.165) is 16.4 Å². The SMILES string of the molecule is CCN1C(=O)c2c(O)c(=O)c(C(=O)N(C)Cc3ccc(P)cc3C)cn2N2CCC3(C[C@@H]12)OCCO3. The quantitative estimate of drug-likeness (QED) is 0.605. The summed E-state index contributed by atoms with van der Waals surface area (Å²) >= 11 is 0. The van der Waals surface area contributed by atoms with Gasteiger partial charge in [-0.15, -0.1) is 9.24 Å². The number of nitrogens with zero attached hydrogens (tertiary/aromatic N) is 4. The van der Waals surface area contributed by atoms with Gasteiger partial charge >= 0.3 is 0 Å². The molecule has 2 saturated heterocycles. The Morgan fingerprint density at radius 3 is 2.67 bits per heavy atom. The lowest BCUT2D eigenvalue weighted by Gasteiger charge is -2.52. The Hall–Kier alpha value is -2.94. The summed E-state index contributed by atoms with van der Waals surface area (Å²) in [6, 6.07) is 5.89. The molecule has 36 heavy (non-hydrogen) atoms. The third-order valence-corrected chi connectivity index (χ3v) is 7.69. The second-order valence-corrected chi connectivity index (χ2v) is 10.2. The third-order valence-electron chi connectivity index (χ3n) is 7.33. The molecule has 192 valence electrons. The molecule has 0 bridgehead atoms. The van der Waals surface area contributed by atoms with Crippen molar-refractivity contribution >= 4 is 26.4 Å². The van der Waals surface area contributed by atoms with Crippen LogP contribution in [-0.2, 0) is 16.0 Å². The van der Waals surface area contributed by atoms with Crippen LogP contribution in [0.5, 0.6) is 5.75 Å². The molecule has 5 rings (SSSR count). The van der Waals surface area contributed by atoms with Gasteiger partial charge in [0.25, 0.3) is 11.8 Å². The van der Waals surface area contributed by atoms with Gasteiger partial charge in [0, 0.05) is 45.7 Å². The first-order valence-corrected chi connectivity index (χ1v) is 12.7. The average molecular weight is 515 g/mol. The zero-order valence-corrected chi connectivity index (χ0v) is 21.8. The number of carbonyl (C=O) groups excluding carboxylic acids is 2. The summed E-state index contributed by atoms with van der Waals surface area (Å²) in [4.78, 5) is 43.0. The van der Waals surface area contributed by atoms with E-state index in [2.05, 4.69) is 9.24 Å². The largest absolute Gasteiger partial charge is 0.502 e. The lowest BCUT2D eigenvalue weighted by Crippen LogP contribution is -2.67.